The van der Waals surface area contributed by atoms with E-state index in [9.17, 15) is 4.79 Å². The minimum absolute atomic E-state index is 0.233. The van der Waals surface area contributed by atoms with Crippen molar-refractivity contribution in [2.45, 2.75) is 33.9 Å². The number of hydrogen-bond acceptors (Lipinski definition) is 4. The number of furan rings is 1. The minimum atomic E-state index is -0.272. The van der Waals surface area contributed by atoms with E-state index in [0.29, 0.717) is 17.3 Å². The molecule has 0 aliphatic carbocycles. The van der Waals surface area contributed by atoms with E-state index in [-0.39, 0.29) is 18.3 Å². The van der Waals surface area contributed by atoms with Gasteiger partial charge in [0.05, 0.1) is 5.69 Å². The molecule has 0 atom stereocenters. The van der Waals surface area contributed by atoms with Crippen LogP contribution in [0.5, 0.6) is 5.75 Å². The number of rotatable bonds is 6. The monoisotopic (exact) mass is 387 g/mol. The highest BCUT2D eigenvalue weighted by Crippen LogP contribution is 2.23. The fourth-order valence-corrected chi connectivity index (χ4v) is 3.06. The van der Waals surface area contributed by atoms with Crippen LogP contribution in [0.2, 0.25) is 5.02 Å². The van der Waals surface area contributed by atoms with E-state index < -0.39 is 0 Å². The summed E-state index contributed by atoms with van der Waals surface area (Å²) in [4.78, 5) is 12.3. The molecular formula is C20H22ClN3O3. The number of carbonyl (C=O) groups is 1. The molecular weight excluding hydrogens is 366 g/mol. The first-order valence-electron chi connectivity index (χ1n) is 8.60. The lowest BCUT2D eigenvalue weighted by molar-refractivity contribution is 0.0919. The van der Waals surface area contributed by atoms with Gasteiger partial charge in [-0.15, -0.1) is 0 Å². The number of nitrogens with zero attached hydrogens (tertiary/aromatic N) is 2. The fraction of sp³-hybridized carbons (Fsp3) is 0.300. The molecule has 142 valence electrons. The first kappa shape index (κ1) is 19.0. The Morgan fingerprint density at radius 3 is 2.70 bits per heavy atom. The van der Waals surface area contributed by atoms with Crippen LogP contribution in [0.15, 0.2) is 34.7 Å². The Morgan fingerprint density at radius 2 is 2.04 bits per heavy atom. The molecule has 0 aliphatic rings. The molecule has 0 bridgehead atoms. The SMILES string of the molecule is Cc1cc(Cl)ccc1OCc1ccc(C(=O)NCc2c(C)nn(C)c2C)o1. The van der Waals surface area contributed by atoms with Gasteiger partial charge in [0.2, 0.25) is 0 Å². The number of hydrogen-bond donors (Lipinski definition) is 1. The first-order valence-corrected chi connectivity index (χ1v) is 8.98. The van der Waals surface area contributed by atoms with E-state index in [1.165, 1.54) is 0 Å². The Labute approximate surface area is 163 Å². The minimum Gasteiger partial charge on any atom is -0.485 e. The van der Waals surface area contributed by atoms with Crippen LogP contribution in [0.1, 0.15) is 38.8 Å². The standard InChI is InChI=1S/C20H22ClN3O3/c1-12-9-15(21)5-7-18(12)26-11-16-6-8-19(27-16)20(25)22-10-17-13(2)23-24(4)14(17)3/h5-9H,10-11H2,1-4H3,(H,22,25). The first-order chi connectivity index (χ1) is 12.8. The summed E-state index contributed by atoms with van der Waals surface area (Å²) >= 11 is 5.94. The van der Waals surface area contributed by atoms with Crippen LogP contribution in [0.4, 0.5) is 0 Å². The summed E-state index contributed by atoms with van der Waals surface area (Å²) < 4.78 is 13.1. The number of carbonyl (C=O) groups excluding carboxylic acids is 1. The van der Waals surface area contributed by atoms with Crippen LogP contribution in [0.3, 0.4) is 0 Å². The van der Waals surface area contributed by atoms with Crippen molar-refractivity contribution in [2.75, 3.05) is 0 Å². The summed E-state index contributed by atoms with van der Waals surface area (Å²) in [5.41, 5.74) is 3.88. The van der Waals surface area contributed by atoms with E-state index >= 15 is 0 Å². The largest absolute Gasteiger partial charge is 0.485 e. The quantitative estimate of drug-likeness (QED) is 0.691. The van der Waals surface area contributed by atoms with Crippen molar-refractivity contribution in [2.24, 2.45) is 7.05 Å². The molecule has 0 radical (unpaired) electrons. The van der Waals surface area contributed by atoms with Crippen molar-refractivity contribution in [3.8, 4) is 5.75 Å². The van der Waals surface area contributed by atoms with E-state index in [2.05, 4.69) is 10.4 Å². The topological polar surface area (TPSA) is 69.3 Å². The van der Waals surface area contributed by atoms with Gasteiger partial charge in [0.15, 0.2) is 5.76 Å². The molecule has 0 unspecified atom stereocenters. The van der Waals surface area contributed by atoms with E-state index in [0.717, 1.165) is 28.3 Å². The number of amides is 1. The molecule has 0 fully saturated rings. The molecule has 3 aromatic rings. The Bertz CT molecular complexity index is 975. The number of nitrogens with one attached hydrogen (secondary N) is 1. The van der Waals surface area contributed by atoms with Gasteiger partial charge in [0.25, 0.3) is 5.91 Å². The lowest BCUT2D eigenvalue weighted by atomic mass is 10.2. The van der Waals surface area contributed by atoms with E-state index in [1.54, 1.807) is 22.9 Å². The van der Waals surface area contributed by atoms with Crippen LogP contribution < -0.4 is 10.1 Å². The normalized spacial score (nSPS) is 10.9. The highest BCUT2D eigenvalue weighted by molar-refractivity contribution is 6.30. The predicted molar refractivity (Wildman–Crippen MR) is 103 cm³/mol. The van der Waals surface area contributed by atoms with Crippen molar-refractivity contribution >= 4 is 17.5 Å². The van der Waals surface area contributed by atoms with Gasteiger partial charge in [-0.2, -0.15) is 5.10 Å². The molecule has 2 aromatic heterocycles. The highest BCUT2D eigenvalue weighted by atomic mass is 35.5. The zero-order valence-corrected chi connectivity index (χ0v) is 16.6. The van der Waals surface area contributed by atoms with Gasteiger partial charge in [0, 0.05) is 29.9 Å². The molecule has 1 amide bonds. The zero-order valence-electron chi connectivity index (χ0n) is 15.8. The second kappa shape index (κ2) is 7.88. The number of aryl methyl sites for hydroxylation is 3. The molecule has 6 nitrogen and oxygen atoms in total. The molecule has 0 saturated carbocycles. The molecule has 0 spiro atoms. The third-order valence-electron chi connectivity index (χ3n) is 4.48. The predicted octanol–water partition coefficient (Wildman–Crippen LogP) is 4.10. The lowest BCUT2D eigenvalue weighted by Gasteiger charge is -2.08. The number of benzene rings is 1. The van der Waals surface area contributed by atoms with Crippen molar-refractivity contribution in [1.82, 2.24) is 15.1 Å². The van der Waals surface area contributed by atoms with Gasteiger partial charge >= 0.3 is 0 Å². The molecule has 7 heteroatoms. The molecule has 2 heterocycles. The molecule has 1 aromatic carbocycles. The second-order valence-corrected chi connectivity index (χ2v) is 6.86. The van der Waals surface area contributed by atoms with Gasteiger partial charge in [0.1, 0.15) is 18.1 Å². The van der Waals surface area contributed by atoms with Crippen LogP contribution in [-0.4, -0.2) is 15.7 Å². The number of halogens is 1. The molecule has 27 heavy (non-hydrogen) atoms. The summed E-state index contributed by atoms with van der Waals surface area (Å²) in [7, 11) is 1.88. The average molecular weight is 388 g/mol. The Morgan fingerprint density at radius 1 is 1.26 bits per heavy atom. The van der Waals surface area contributed by atoms with Gasteiger partial charge < -0.3 is 14.5 Å². The smallest absolute Gasteiger partial charge is 0.287 e. The Balaban J connectivity index is 1.58. The summed E-state index contributed by atoms with van der Waals surface area (Å²) in [5.74, 6) is 1.28. The van der Waals surface area contributed by atoms with Gasteiger partial charge in [-0.3, -0.25) is 9.48 Å². The maximum Gasteiger partial charge on any atom is 0.287 e. The van der Waals surface area contributed by atoms with Crippen molar-refractivity contribution in [3.05, 3.63) is 69.4 Å². The van der Waals surface area contributed by atoms with E-state index in [1.807, 2.05) is 40.0 Å². The molecule has 0 aliphatic heterocycles. The Kier molecular flexibility index (Phi) is 5.56. The summed E-state index contributed by atoms with van der Waals surface area (Å²) in [6, 6.07) is 8.80. The van der Waals surface area contributed by atoms with Crippen molar-refractivity contribution in [3.63, 3.8) is 0 Å². The maximum atomic E-state index is 12.3. The Hall–Kier alpha value is -2.73. The third kappa shape index (κ3) is 4.34. The van der Waals surface area contributed by atoms with Crippen LogP contribution >= 0.6 is 11.6 Å². The summed E-state index contributed by atoms with van der Waals surface area (Å²) in [5, 5.41) is 7.88. The average Bonchev–Trinajstić information content (AvgIpc) is 3.18. The zero-order chi connectivity index (χ0) is 19.6. The van der Waals surface area contributed by atoms with Crippen LogP contribution in [0.25, 0.3) is 0 Å². The molecule has 1 N–H and O–H groups in total. The van der Waals surface area contributed by atoms with Crippen LogP contribution in [-0.2, 0) is 20.2 Å². The van der Waals surface area contributed by atoms with Gasteiger partial charge in [-0.05, 0) is 56.7 Å². The van der Waals surface area contributed by atoms with Crippen molar-refractivity contribution in [1.29, 1.82) is 0 Å². The third-order valence-corrected chi connectivity index (χ3v) is 4.71. The molecule has 0 saturated heterocycles. The van der Waals surface area contributed by atoms with Gasteiger partial charge in [-0.25, -0.2) is 0 Å². The maximum absolute atomic E-state index is 12.3. The summed E-state index contributed by atoms with van der Waals surface area (Å²) in [6.07, 6.45) is 0. The van der Waals surface area contributed by atoms with Crippen molar-refractivity contribution < 1.29 is 13.9 Å². The molecule has 3 rings (SSSR count). The number of aromatic nitrogens is 2. The fourth-order valence-electron chi connectivity index (χ4n) is 2.83. The second-order valence-electron chi connectivity index (χ2n) is 6.42. The highest BCUT2D eigenvalue weighted by Gasteiger charge is 2.14. The number of ether oxygens (including phenoxy) is 1. The van der Waals surface area contributed by atoms with E-state index in [4.69, 9.17) is 20.8 Å². The lowest BCUT2D eigenvalue weighted by Crippen LogP contribution is -2.23. The van der Waals surface area contributed by atoms with Crippen LogP contribution in [0, 0.1) is 20.8 Å². The summed E-state index contributed by atoms with van der Waals surface area (Å²) in [6.45, 7) is 6.46. The van der Waals surface area contributed by atoms with Gasteiger partial charge in [-0.1, -0.05) is 11.6 Å².